The van der Waals surface area contributed by atoms with Crippen molar-refractivity contribution in [3.63, 3.8) is 0 Å². The molecule has 66 valence electrons. The van der Waals surface area contributed by atoms with E-state index in [2.05, 4.69) is 5.92 Å². The van der Waals surface area contributed by atoms with E-state index in [4.69, 9.17) is 6.42 Å². The molecule has 1 fully saturated rings. The minimum atomic E-state index is -1.61. The van der Waals surface area contributed by atoms with Crippen LogP contribution in [0.25, 0.3) is 0 Å². The fraction of sp³-hybridized carbons (Fsp3) is 0.667. The summed E-state index contributed by atoms with van der Waals surface area (Å²) in [5.41, 5.74) is -1.61. The lowest BCUT2D eigenvalue weighted by molar-refractivity contribution is -0.147. The molecule has 1 amide bonds. The molecule has 0 aromatic heterocycles. The number of alkyl halides is 1. The third-order valence-electron chi connectivity index (χ3n) is 2.20. The third kappa shape index (κ3) is 1.42. The van der Waals surface area contributed by atoms with Gasteiger partial charge in [-0.1, -0.05) is 5.92 Å². The van der Waals surface area contributed by atoms with Crippen LogP contribution in [0.1, 0.15) is 19.3 Å². The highest BCUT2D eigenvalue weighted by Crippen LogP contribution is 2.37. The van der Waals surface area contributed by atoms with Crippen LogP contribution >= 0.6 is 0 Å². The van der Waals surface area contributed by atoms with Gasteiger partial charge in [0.15, 0.2) is 5.67 Å². The molecule has 3 heteroatoms. The standard InChI is InChI=1S/C9H12FNO/c1-3-7-11(2)8(12)9(10)5-4-6-9/h1H,4-7H2,2H3. The molecule has 0 atom stereocenters. The van der Waals surface area contributed by atoms with Gasteiger partial charge in [0.05, 0.1) is 6.54 Å². The Morgan fingerprint density at radius 1 is 1.75 bits per heavy atom. The van der Waals surface area contributed by atoms with Crippen molar-refractivity contribution < 1.29 is 9.18 Å². The van der Waals surface area contributed by atoms with E-state index in [9.17, 15) is 9.18 Å². The number of carbonyl (C=O) groups is 1. The molecule has 1 rings (SSSR count). The Labute approximate surface area is 71.7 Å². The van der Waals surface area contributed by atoms with Gasteiger partial charge in [0, 0.05) is 7.05 Å². The molecular weight excluding hydrogens is 157 g/mol. The first kappa shape index (κ1) is 9.05. The van der Waals surface area contributed by atoms with E-state index in [0.29, 0.717) is 12.8 Å². The second-order valence-electron chi connectivity index (χ2n) is 3.18. The number of hydrogen-bond acceptors (Lipinski definition) is 1. The Kier molecular flexibility index (Phi) is 2.37. The van der Waals surface area contributed by atoms with E-state index in [0.717, 1.165) is 6.42 Å². The first-order valence-corrected chi connectivity index (χ1v) is 3.98. The van der Waals surface area contributed by atoms with Crippen LogP contribution in [-0.4, -0.2) is 30.1 Å². The van der Waals surface area contributed by atoms with Crippen molar-refractivity contribution in [3.05, 3.63) is 0 Å². The molecule has 0 saturated heterocycles. The largest absolute Gasteiger partial charge is 0.332 e. The average molecular weight is 169 g/mol. The molecule has 2 nitrogen and oxygen atoms in total. The highest BCUT2D eigenvalue weighted by Gasteiger charge is 2.45. The van der Waals surface area contributed by atoms with Gasteiger partial charge in [-0.05, 0) is 19.3 Å². The van der Waals surface area contributed by atoms with Crippen LogP contribution in [0.3, 0.4) is 0 Å². The van der Waals surface area contributed by atoms with Crippen molar-refractivity contribution in [3.8, 4) is 12.3 Å². The number of terminal acetylenes is 1. The predicted octanol–water partition coefficient (Wildman–Crippen LogP) is 0.970. The zero-order valence-corrected chi connectivity index (χ0v) is 7.14. The van der Waals surface area contributed by atoms with Crippen LogP contribution in [0, 0.1) is 12.3 Å². The molecule has 0 bridgehead atoms. The molecule has 0 aromatic carbocycles. The molecule has 12 heavy (non-hydrogen) atoms. The van der Waals surface area contributed by atoms with Gasteiger partial charge in [0.1, 0.15) is 0 Å². The average Bonchev–Trinajstić information content (AvgIpc) is 1.99. The van der Waals surface area contributed by atoms with Crippen molar-refractivity contribution in [1.29, 1.82) is 0 Å². The van der Waals surface area contributed by atoms with Crippen molar-refractivity contribution in [1.82, 2.24) is 4.90 Å². The quantitative estimate of drug-likeness (QED) is 0.564. The van der Waals surface area contributed by atoms with Gasteiger partial charge in [-0.3, -0.25) is 4.79 Å². The van der Waals surface area contributed by atoms with E-state index in [1.54, 1.807) is 0 Å². The maximum absolute atomic E-state index is 13.4. The Hall–Kier alpha value is -1.04. The maximum atomic E-state index is 13.4. The molecule has 0 aliphatic heterocycles. The zero-order valence-electron chi connectivity index (χ0n) is 7.14. The van der Waals surface area contributed by atoms with Crippen molar-refractivity contribution in [2.24, 2.45) is 0 Å². The van der Waals surface area contributed by atoms with Crippen molar-refractivity contribution in [2.45, 2.75) is 24.9 Å². The molecule has 0 aromatic rings. The third-order valence-corrected chi connectivity index (χ3v) is 2.20. The molecule has 1 saturated carbocycles. The van der Waals surface area contributed by atoms with Crippen molar-refractivity contribution >= 4 is 5.91 Å². The minimum Gasteiger partial charge on any atom is -0.332 e. The summed E-state index contributed by atoms with van der Waals surface area (Å²) in [5.74, 6) is 1.84. The van der Waals surface area contributed by atoms with Gasteiger partial charge < -0.3 is 4.90 Å². The Balaban J connectivity index is 2.52. The topological polar surface area (TPSA) is 20.3 Å². The molecule has 1 aliphatic carbocycles. The van der Waals surface area contributed by atoms with Crippen LogP contribution in [0.4, 0.5) is 4.39 Å². The number of hydrogen-bond donors (Lipinski definition) is 0. The molecule has 0 unspecified atom stereocenters. The van der Waals surface area contributed by atoms with E-state index in [1.807, 2.05) is 0 Å². The lowest BCUT2D eigenvalue weighted by atomic mass is 9.81. The Bertz CT molecular complexity index is 227. The number of carbonyl (C=O) groups excluding carboxylic acids is 1. The lowest BCUT2D eigenvalue weighted by Crippen LogP contribution is -2.48. The van der Waals surface area contributed by atoms with E-state index in [-0.39, 0.29) is 6.54 Å². The molecule has 0 N–H and O–H groups in total. The molecule has 1 aliphatic rings. The summed E-state index contributed by atoms with van der Waals surface area (Å²) in [4.78, 5) is 12.6. The van der Waals surface area contributed by atoms with Crippen LogP contribution in [-0.2, 0) is 4.79 Å². The summed E-state index contributed by atoms with van der Waals surface area (Å²) >= 11 is 0. The van der Waals surface area contributed by atoms with Crippen LogP contribution in [0.5, 0.6) is 0 Å². The second-order valence-corrected chi connectivity index (χ2v) is 3.18. The SMILES string of the molecule is C#CCN(C)C(=O)C1(F)CCC1. The summed E-state index contributed by atoms with van der Waals surface area (Å²) in [7, 11) is 1.53. The lowest BCUT2D eigenvalue weighted by Gasteiger charge is -2.34. The molecule has 0 heterocycles. The Morgan fingerprint density at radius 3 is 2.67 bits per heavy atom. The van der Waals surface area contributed by atoms with Gasteiger partial charge in [0.25, 0.3) is 5.91 Å². The van der Waals surface area contributed by atoms with Gasteiger partial charge in [-0.25, -0.2) is 4.39 Å². The van der Waals surface area contributed by atoms with E-state index in [1.165, 1.54) is 11.9 Å². The smallest absolute Gasteiger partial charge is 0.260 e. The fourth-order valence-electron chi connectivity index (χ4n) is 1.25. The highest BCUT2D eigenvalue weighted by atomic mass is 19.1. The van der Waals surface area contributed by atoms with Gasteiger partial charge in [-0.2, -0.15) is 0 Å². The van der Waals surface area contributed by atoms with E-state index < -0.39 is 11.6 Å². The Morgan fingerprint density at radius 2 is 2.33 bits per heavy atom. The number of rotatable bonds is 2. The number of nitrogens with zero attached hydrogens (tertiary/aromatic N) is 1. The number of amides is 1. The predicted molar refractivity (Wildman–Crippen MR) is 44.2 cm³/mol. The number of halogens is 1. The second kappa shape index (κ2) is 3.14. The van der Waals surface area contributed by atoms with Crippen molar-refractivity contribution in [2.75, 3.05) is 13.6 Å². The molecular formula is C9H12FNO. The van der Waals surface area contributed by atoms with Crippen LogP contribution in [0.15, 0.2) is 0 Å². The van der Waals surface area contributed by atoms with Gasteiger partial charge in [0.2, 0.25) is 0 Å². The summed E-state index contributed by atoms with van der Waals surface area (Å²) in [6.45, 7) is 0.185. The van der Waals surface area contributed by atoms with Crippen LogP contribution in [0.2, 0.25) is 0 Å². The fourth-order valence-corrected chi connectivity index (χ4v) is 1.25. The summed E-state index contributed by atoms with van der Waals surface area (Å²) in [6.07, 6.45) is 6.50. The van der Waals surface area contributed by atoms with Gasteiger partial charge >= 0.3 is 0 Å². The van der Waals surface area contributed by atoms with E-state index >= 15 is 0 Å². The molecule has 0 radical (unpaired) electrons. The minimum absolute atomic E-state index is 0.185. The van der Waals surface area contributed by atoms with Crippen LogP contribution < -0.4 is 0 Å². The summed E-state index contributed by atoms with van der Waals surface area (Å²) < 4.78 is 13.4. The first-order valence-electron chi connectivity index (χ1n) is 3.98. The first-order chi connectivity index (χ1) is 5.60. The summed E-state index contributed by atoms with van der Waals surface area (Å²) in [6, 6.07) is 0. The maximum Gasteiger partial charge on any atom is 0.260 e. The normalized spacial score (nSPS) is 19.1. The summed E-state index contributed by atoms with van der Waals surface area (Å²) in [5, 5.41) is 0. The zero-order chi connectivity index (χ0) is 9.19. The monoisotopic (exact) mass is 169 g/mol. The molecule has 0 spiro atoms. The van der Waals surface area contributed by atoms with Gasteiger partial charge in [-0.15, -0.1) is 6.42 Å². The highest BCUT2D eigenvalue weighted by molar-refractivity contribution is 5.86.